The number of aliphatic imine (C=N–C) groups is 1. The van der Waals surface area contributed by atoms with E-state index in [4.69, 9.17) is 10.5 Å². The number of hydrogen-bond donors (Lipinski definition) is 2. The zero-order chi connectivity index (χ0) is 20.1. The van der Waals surface area contributed by atoms with Gasteiger partial charge in [-0.15, -0.1) is 0 Å². The molecule has 2 aromatic rings. The van der Waals surface area contributed by atoms with Crippen molar-refractivity contribution < 1.29 is 23.4 Å². The molecule has 1 saturated heterocycles. The number of aromatic hydroxyl groups is 1. The zero-order valence-corrected chi connectivity index (χ0v) is 15.1. The normalized spacial score (nSPS) is 27.3. The first-order chi connectivity index (χ1) is 13.3. The first-order valence-electron chi connectivity index (χ1n) is 8.81. The van der Waals surface area contributed by atoms with Crippen molar-refractivity contribution in [1.29, 1.82) is 0 Å². The zero-order valence-electron chi connectivity index (χ0n) is 15.1. The first-order valence-corrected chi connectivity index (χ1v) is 8.81. The highest BCUT2D eigenvalue weighted by molar-refractivity contribution is 6.00. The van der Waals surface area contributed by atoms with Crippen LogP contribution < -0.4 is 5.73 Å². The molecule has 0 aromatic heterocycles. The van der Waals surface area contributed by atoms with Crippen LogP contribution in [0.15, 0.2) is 47.5 Å². The lowest BCUT2D eigenvalue weighted by atomic mass is 9.72. The topological polar surface area (TPSA) is 88.2 Å². The highest BCUT2D eigenvalue weighted by Crippen LogP contribution is 2.48. The Morgan fingerprint density at radius 3 is 2.68 bits per heavy atom. The first kappa shape index (κ1) is 18.4. The van der Waals surface area contributed by atoms with E-state index in [-0.39, 0.29) is 42.0 Å². The summed E-state index contributed by atoms with van der Waals surface area (Å²) in [7, 11) is 1.51. The molecule has 6 nitrogen and oxygen atoms in total. The van der Waals surface area contributed by atoms with E-state index >= 15 is 0 Å². The van der Waals surface area contributed by atoms with Crippen molar-refractivity contribution in [2.75, 3.05) is 13.7 Å². The smallest absolute Gasteiger partial charge is 0.235 e. The number of phenols is 1. The number of carbonyl (C=O) groups excluding carboxylic acids is 1. The lowest BCUT2D eigenvalue weighted by Gasteiger charge is -2.47. The van der Waals surface area contributed by atoms with E-state index in [9.17, 15) is 18.7 Å². The summed E-state index contributed by atoms with van der Waals surface area (Å²) in [5.41, 5.74) is 5.31. The Hall–Kier alpha value is -3.00. The van der Waals surface area contributed by atoms with Crippen LogP contribution in [0.2, 0.25) is 0 Å². The fourth-order valence-corrected chi connectivity index (χ4v) is 3.93. The number of halogens is 2. The van der Waals surface area contributed by atoms with Crippen molar-refractivity contribution >= 4 is 11.9 Å². The molecule has 1 fully saturated rings. The molecule has 2 heterocycles. The summed E-state index contributed by atoms with van der Waals surface area (Å²) >= 11 is 0. The molecule has 2 aliphatic heterocycles. The highest BCUT2D eigenvalue weighted by Gasteiger charge is 2.54. The van der Waals surface area contributed by atoms with Crippen LogP contribution in [-0.4, -0.2) is 35.5 Å². The van der Waals surface area contributed by atoms with Crippen molar-refractivity contribution in [3.05, 3.63) is 65.2 Å². The van der Waals surface area contributed by atoms with Gasteiger partial charge < -0.3 is 15.6 Å². The number of hydrogen-bond acceptors (Lipinski definition) is 5. The van der Waals surface area contributed by atoms with Gasteiger partial charge in [-0.25, -0.2) is 13.8 Å². The lowest BCUT2D eigenvalue weighted by Crippen LogP contribution is -2.58. The average molecular weight is 387 g/mol. The van der Waals surface area contributed by atoms with Crippen molar-refractivity contribution in [2.24, 2.45) is 16.6 Å². The molecule has 0 radical (unpaired) electrons. The summed E-state index contributed by atoms with van der Waals surface area (Å²) < 4.78 is 33.9. The predicted octanol–water partition coefficient (Wildman–Crippen LogP) is 2.43. The molecule has 3 atom stereocenters. The van der Waals surface area contributed by atoms with Crippen LogP contribution in [0.4, 0.5) is 8.78 Å². The maximum absolute atomic E-state index is 14.7. The third kappa shape index (κ3) is 2.80. The number of guanidine groups is 1. The molecule has 0 spiro atoms. The van der Waals surface area contributed by atoms with Crippen LogP contribution in [0.5, 0.6) is 5.75 Å². The van der Waals surface area contributed by atoms with Crippen molar-refractivity contribution in [2.45, 2.75) is 18.1 Å². The molecule has 1 amide bonds. The largest absolute Gasteiger partial charge is 0.508 e. The van der Waals surface area contributed by atoms with E-state index in [1.54, 1.807) is 12.1 Å². The molecule has 0 aliphatic carbocycles. The van der Waals surface area contributed by atoms with Gasteiger partial charge in [0.1, 0.15) is 22.9 Å². The molecular formula is C20H19F2N3O3. The summed E-state index contributed by atoms with van der Waals surface area (Å²) in [4.78, 5) is 18.7. The average Bonchev–Trinajstić information content (AvgIpc) is 2.68. The second-order valence-corrected chi connectivity index (χ2v) is 7.10. The number of amides is 1. The van der Waals surface area contributed by atoms with Gasteiger partial charge in [-0.05, 0) is 42.3 Å². The number of phenolic OH excluding ortho intramolecular Hbond substituents is 1. The van der Waals surface area contributed by atoms with Crippen molar-refractivity contribution in [3.63, 3.8) is 0 Å². The number of ether oxygens (including phenoxy) is 1. The van der Waals surface area contributed by atoms with Crippen LogP contribution in [-0.2, 0) is 15.1 Å². The van der Waals surface area contributed by atoms with E-state index in [1.807, 2.05) is 0 Å². The minimum Gasteiger partial charge on any atom is -0.508 e. The number of nitrogens with zero attached hydrogens (tertiary/aromatic N) is 2. The fourth-order valence-electron chi connectivity index (χ4n) is 3.93. The van der Waals surface area contributed by atoms with Gasteiger partial charge in [0, 0.05) is 12.6 Å². The molecule has 1 unspecified atom stereocenters. The van der Waals surface area contributed by atoms with E-state index in [0.29, 0.717) is 5.56 Å². The lowest BCUT2D eigenvalue weighted by molar-refractivity contribution is -0.146. The van der Waals surface area contributed by atoms with Crippen LogP contribution in [0.1, 0.15) is 23.7 Å². The summed E-state index contributed by atoms with van der Waals surface area (Å²) in [6, 6.07) is 9.42. The maximum atomic E-state index is 14.7. The number of fused-ring (bicyclic) bond motifs is 1. The van der Waals surface area contributed by atoms with Gasteiger partial charge in [-0.2, -0.15) is 0 Å². The van der Waals surface area contributed by atoms with E-state index < -0.39 is 23.4 Å². The highest BCUT2D eigenvalue weighted by atomic mass is 19.1. The van der Waals surface area contributed by atoms with E-state index in [0.717, 1.165) is 6.07 Å². The molecule has 2 aromatic carbocycles. The number of rotatable bonds is 2. The minimum atomic E-state index is -1.38. The Morgan fingerprint density at radius 1 is 1.25 bits per heavy atom. The van der Waals surface area contributed by atoms with Gasteiger partial charge in [-0.3, -0.25) is 9.69 Å². The molecule has 3 N–H and O–H groups in total. The van der Waals surface area contributed by atoms with Crippen LogP contribution >= 0.6 is 0 Å². The van der Waals surface area contributed by atoms with E-state index in [1.165, 1.54) is 36.2 Å². The summed E-state index contributed by atoms with van der Waals surface area (Å²) in [6.45, 7) is -0.111. The number of benzene rings is 2. The summed E-state index contributed by atoms with van der Waals surface area (Å²) in [5.74, 6) is -2.25. The predicted molar refractivity (Wildman–Crippen MR) is 97.3 cm³/mol. The van der Waals surface area contributed by atoms with Gasteiger partial charge in [0.25, 0.3) is 0 Å². The van der Waals surface area contributed by atoms with E-state index in [2.05, 4.69) is 4.99 Å². The van der Waals surface area contributed by atoms with Crippen LogP contribution in [0, 0.1) is 17.6 Å². The second kappa shape index (κ2) is 6.56. The minimum absolute atomic E-state index is 0.0483. The molecular weight excluding hydrogens is 368 g/mol. The quantitative estimate of drug-likeness (QED) is 0.829. The Kier molecular flexibility index (Phi) is 4.30. The molecule has 0 saturated carbocycles. The fraction of sp³-hybridized carbons (Fsp3) is 0.300. The van der Waals surface area contributed by atoms with Crippen LogP contribution in [0.25, 0.3) is 0 Å². The summed E-state index contributed by atoms with van der Waals surface area (Å²) in [6.07, 6.45) is -0.272. The third-order valence-electron chi connectivity index (χ3n) is 5.48. The molecule has 0 bridgehead atoms. The monoisotopic (exact) mass is 387 g/mol. The molecule has 146 valence electrons. The van der Waals surface area contributed by atoms with Crippen LogP contribution in [0.3, 0.4) is 0 Å². The Bertz CT molecular complexity index is 964. The SMILES string of the molecule is CN1C(=O)C2C[C@H](c3ccc(F)cc3)OC[C@]2(c2cc(O)ccc2F)N=C1N. The number of nitrogens with two attached hydrogens (primary N) is 1. The van der Waals surface area contributed by atoms with Gasteiger partial charge in [0.2, 0.25) is 5.91 Å². The van der Waals surface area contributed by atoms with Gasteiger partial charge in [0.15, 0.2) is 5.96 Å². The standard InChI is InChI=1S/C20H19F2N3O3/c1-25-18(27)15-9-17(11-2-4-12(21)5-3-11)28-10-20(15,24-19(25)23)14-8-13(26)6-7-16(14)22/h2-8,15,17,26H,9-10H2,1H3,(H2,23,24)/t15?,17-,20-/m1/s1. The molecule has 8 heteroatoms. The summed E-state index contributed by atoms with van der Waals surface area (Å²) in [5, 5.41) is 9.88. The Morgan fingerprint density at radius 2 is 1.96 bits per heavy atom. The van der Waals surface area contributed by atoms with Gasteiger partial charge in [-0.1, -0.05) is 12.1 Å². The molecule has 28 heavy (non-hydrogen) atoms. The molecule has 4 rings (SSSR count). The molecule has 2 aliphatic rings. The maximum Gasteiger partial charge on any atom is 0.235 e. The van der Waals surface area contributed by atoms with Crippen molar-refractivity contribution in [3.8, 4) is 5.75 Å². The van der Waals surface area contributed by atoms with Crippen molar-refractivity contribution in [1.82, 2.24) is 4.90 Å². The third-order valence-corrected chi connectivity index (χ3v) is 5.48. The van der Waals surface area contributed by atoms with Gasteiger partial charge >= 0.3 is 0 Å². The Balaban J connectivity index is 1.81. The number of carbonyl (C=O) groups is 1. The van der Waals surface area contributed by atoms with Gasteiger partial charge in [0.05, 0.1) is 18.6 Å². The Labute approximate surface area is 160 Å². The second-order valence-electron chi connectivity index (χ2n) is 7.10.